The molecule has 0 spiro atoms. The van der Waals surface area contributed by atoms with Gasteiger partial charge in [0.25, 0.3) is 0 Å². The van der Waals surface area contributed by atoms with Crippen molar-refractivity contribution >= 4 is 15.9 Å². The summed E-state index contributed by atoms with van der Waals surface area (Å²) in [4.78, 5) is 12.3. The smallest absolute Gasteiger partial charge is 0.238 e. The largest absolute Gasteiger partial charge is 0.352 e. The molecule has 21 heavy (non-hydrogen) atoms. The summed E-state index contributed by atoms with van der Waals surface area (Å²) in [6.07, 6.45) is 6.36. The van der Waals surface area contributed by atoms with Crippen LogP contribution in [0.25, 0.3) is 0 Å². The molecule has 0 aliphatic carbocycles. The van der Waals surface area contributed by atoms with Crippen molar-refractivity contribution in [1.82, 2.24) is 9.62 Å². The first kappa shape index (κ1) is 18.4. The monoisotopic (exact) mass is 318 g/mol. The summed E-state index contributed by atoms with van der Waals surface area (Å²) in [5.74, 6) is -0.000729. The van der Waals surface area contributed by atoms with Crippen molar-refractivity contribution in [2.75, 3.05) is 12.3 Å². The van der Waals surface area contributed by atoms with Crippen LogP contribution in [0.3, 0.4) is 0 Å². The van der Waals surface area contributed by atoms with Gasteiger partial charge in [0.1, 0.15) is 6.04 Å². The van der Waals surface area contributed by atoms with Crippen molar-refractivity contribution in [3.8, 4) is 0 Å². The molecule has 1 heterocycles. The summed E-state index contributed by atoms with van der Waals surface area (Å²) >= 11 is 0. The number of sulfonamides is 1. The van der Waals surface area contributed by atoms with Crippen LogP contribution in [0.2, 0.25) is 0 Å². The third-order valence-corrected chi connectivity index (χ3v) is 6.03. The molecule has 0 saturated carbocycles. The Morgan fingerprint density at radius 1 is 1.29 bits per heavy atom. The molecule has 1 saturated heterocycles. The van der Waals surface area contributed by atoms with Gasteiger partial charge < -0.3 is 5.32 Å². The normalized spacial score (nSPS) is 21.4. The van der Waals surface area contributed by atoms with Gasteiger partial charge >= 0.3 is 0 Å². The highest BCUT2D eigenvalue weighted by Gasteiger charge is 2.38. The highest BCUT2D eigenvalue weighted by molar-refractivity contribution is 7.89. The fourth-order valence-corrected chi connectivity index (χ4v) is 4.57. The molecule has 6 heteroatoms. The Hall–Kier alpha value is -0.620. The van der Waals surface area contributed by atoms with Crippen LogP contribution >= 0.6 is 0 Å². The first-order chi connectivity index (χ1) is 9.92. The Labute approximate surface area is 129 Å². The van der Waals surface area contributed by atoms with E-state index < -0.39 is 16.1 Å². The molecule has 0 radical (unpaired) electrons. The van der Waals surface area contributed by atoms with Crippen LogP contribution in [-0.2, 0) is 14.8 Å². The number of hydrogen-bond donors (Lipinski definition) is 1. The molecule has 1 aliphatic heterocycles. The van der Waals surface area contributed by atoms with E-state index in [0.717, 1.165) is 25.7 Å². The molecule has 0 aromatic heterocycles. The molecule has 124 valence electrons. The number of unbranched alkanes of at least 4 members (excludes halogenated alkanes) is 2. The molecule has 2 atom stereocenters. The fraction of sp³-hybridized carbons (Fsp3) is 0.933. The summed E-state index contributed by atoms with van der Waals surface area (Å²) in [5.41, 5.74) is 0. The second-order valence-electron chi connectivity index (χ2n) is 5.99. The van der Waals surface area contributed by atoms with Gasteiger partial charge in [-0.1, -0.05) is 33.1 Å². The fourth-order valence-electron chi connectivity index (χ4n) is 2.82. The Balaban J connectivity index is 2.56. The average Bonchev–Trinajstić information content (AvgIpc) is 2.89. The second kappa shape index (κ2) is 8.73. The summed E-state index contributed by atoms with van der Waals surface area (Å²) < 4.78 is 25.8. The van der Waals surface area contributed by atoms with E-state index in [-0.39, 0.29) is 17.7 Å². The molecular formula is C15H30N2O3S. The second-order valence-corrected chi connectivity index (χ2v) is 8.03. The molecule has 0 aromatic rings. The van der Waals surface area contributed by atoms with Gasteiger partial charge in [0, 0.05) is 12.6 Å². The molecule has 0 aromatic carbocycles. The molecule has 2 unspecified atom stereocenters. The SMILES string of the molecule is CCCCCC(C)NC(=O)C1CCCN1S(=O)(=O)CCC. The number of hydrogen-bond acceptors (Lipinski definition) is 3. The van der Waals surface area contributed by atoms with Crippen LogP contribution in [0.4, 0.5) is 0 Å². The lowest BCUT2D eigenvalue weighted by molar-refractivity contribution is -0.124. The zero-order valence-corrected chi connectivity index (χ0v) is 14.4. The lowest BCUT2D eigenvalue weighted by atomic mass is 10.1. The molecule has 1 fully saturated rings. The minimum Gasteiger partial charge on any atom is -0.352 e. The Bertz CT molecular complexity index is 423. The molecule has 1 N–H and O–H groups in total. The Kier molecular flexibility index (Phi) is 7.66. The first-order valence-electron chi connectivity index (χ1n) is 8.22. The highest BCUT2D eigenvalue weighted by atomic mass is 32.2. The Morgan fingerprint density at radius 3 is 2.62 bits per heavy atom. The number of amides is 1. The molecule has 1 amide bonds. The molecule has 5 nitrogen and oxygen atoms in total. The van der Waals surface area contributed by atoms with Gasteiger partial charge in [-0.05, 0) is 32.6 Å². The lowest BCUT2D eigenvalue weighted by Crippen LogP contribution is -2.48. The quantitative estimate of drug-likeness (QED) is 0.663. The van der Waals surface area contributed by atoms with Gasteiger partial charge in [0.2, 0.25) is 15.9 Å². The van der Waals surface area contributed by atoms with E-state index in [9.17, 15) is 13.2 Å². The summed E-state index contributed by atoms with van der Waals surface area (Å²) in [6.45, 7) is 6.47. The minimum atomic E-state index is -3.29. The van der Waals surface area contributed by atoms with E-state index in [1.54, 1.807) is 0 Å². The number of nitrogens with one attached hydrogen (secondary N) is 1. The molecule has 0 bridgehead atoms. The van der Waals surface area contributed by atoms with E-state index in [1.165, 1.54) is 10.7 Å². The van der Waals surface area contributed by atoms with E-state index in [0.29, 0.717) is 19.4 Å². The minimum absolute atomic E-state index is 0.111. The van der Waals surface area contributed by atoms with Gasteiger partial charge in [-0.2, -0.15) is 4.31 Å². The predicted octanol–water partition coefficient (Wildman–Crippen LogP) is 2.28. The van der Waals surface area contributed by atoms with Crippen LogP contribution in [0.15, 0.2) is 0 Å². The van der Waals surface area contributed by atoms with Gasteiger partial charge in [-0.25, -0.2) is 8.42 Å². The van der Waals surface area contributed by atoms with Crippen molar-refractivity contribution in [1.29, 1.82) is 0 Å². The zero-order chi connectivity index (χ0) is 15.9. The van der Waals surface area contributed by atoms with E-state index in [4.69, 9.17) is 0 Å². The van der Waals surface area contributed by atoms with E-state index in [1.807, 2.05) is 13.8 Å². The lowest BCUT2D eigenvalue weighted by Gasteiger charge is -2.24. The molecule has 1 rings (SSSR count). The van der Waals surface area contributed by atoms with Crippen LogP contribution in [0, 0.1) is 0 Å². The van der Waals surface area contributed by atoms with Gasteiger partial charge in [0.15, 0.2) is 0 Å². The third-order valence-electron chi connectivity index (χ3n) is 3.96. The molecule has 1 aliphatic rings. The van der Waals surface area contributed by atoms with Crippen LogP contribution in [0.5, 0.6) is 0 Å². The summed E-state index contributed by atoms with van der Waals surface area (Å²) in [7, 11) is -3.29. The van der Waals surface area contributed by atoms with Crippen LogP contribution < -0.4 is 5.32 Å². The zero-order valence-electron chi connectivity index (χ0n) is 13.6. The van der Waals surface area contributed by atoms with Gasteiger partial charge in [-0.3, -0.25) is 4.79 Å². The maximum Gasteiger partial charge on any atom is 0.238 e. The number of rotatable bonds is 9. The highest BCUT2D eigenvalue weighted by Crippen LogP contribution is 2.22. The van der Waals surface area contributed by atoms with Crippen molar-refractivity contribution < 1.29 is 13.2 Å². The van der Waals surface area contributed by atoms with E-state index in [2.05, 4.69) is 12.2 Å². The summed E-state index contributed by atoms with van der Waals surface area (Å²) in [6, 6.07) is -0.393. The number of nitrogens with zero attached hydrogens (tertiary/aromatic N) is 1. The maximum atomic E-state index is 12.3. The number of carbonyl (C=O) groups is 1. The van der Waals surface area contributed by atoms with Crippen molar-refractivity contribution in [2.24, 2.45) is 0 Å². The average molecular weight is 318 g/mol. The maximum absolute atomic E-state index is 12.3. The van der Waals surface area contributed by atoms with Crippen molar-refractivity contribution in [3.05, 3.63) is 0 Å². The first-order valence-corrected chi connectivity index (χ1v) is 9.83. The topological polar surface area (TPSA) is 66.5 Å². The number of carbonyl (C=O) groups excluding carboxylic acids is 1. The predicted molar refractivity (Wildman–Crippen MR) is 85.6 cm³/mol. The molecular weight excluding hydrogens is 288 g/mol. The van der Waals surface area contributed by atoms with Gasteiger partial charge in [-0.15, -0.1) is 0 Å². The van der Waals surface area contributed by atoms with Crippen LogP contribution in [0.1, 0.15) is 65.7 Å². The standard InChI is InChI=1S/C15H30N2O3S/c1-4-6-7-9-13(3)16-15(18)14-10-8-11-17(14)21(19,20)12-5-2/h13-14H,4-12H2,1-3H3,(H,16,18). The Morgan fingerprint density at radius 2 is 2.00 bits per heavy atom. The third kappa shape index (κ3) is 5.58. The van der Waals surface area contributed by atoms with Gasteiger partial charge in [0.05, 0.1) is 5.75 Å². The summed E-state index contributed by atoms with van der Waals surface area (Å²) in [5, 5.41) is 2.98. The van der Waals surface area contributed by atoms with E-state index >= 15 is 0 Å². The van der Waals surface area contributed by atoms with Crippen LogP contribution in [-0.4, -0.2) is 43.0 Å². The van der Waals surface area contributed by atoms with Crippen molar-refractivity contribution in [3.63, 3.8) is 0 Å². The van der Waals surface area contributed by atoms with Crippen molar-refractivity contribution in [2.45, 2.75) is 77.8 Å².